The van der Waals surface area contributed by atoms with E-state index in [-0.39, 0.29) is 5.78 Å². The maximum atomic E-state index is 11.8. The number of halogens is 1. The molecule has 0 unspecified atom stereocenters. The van der Waals surface area contributed by atoms with Crippen LogP contribution < -0.4 is 4.90 Å². The first-order valence-corrected chi connectivity index (χ1v) is 7.91. The maximum Gasteiger partial charge on any atom is 0.160 e. The van der Waals surface area contributed by atoms with Crippen LogP contribution in [0.5, 0.6) is 0 Å². The van der Waals surface area contributed by atoms with Crippen LogP contribution in [0.1, 0.15) is 55.5 Å². The van der Waals surface area contributed by atoms with Crippen molar-refractivity contribution in [2.75, 3.05) is 11.4 Å². The lowest BCUT2D eigenvalue weighted by Crippen LogP contribution is -2.33. The van der Waals surface area contributed by atoms with Crippen molar-refractivity contribution < 1.29 is 4.79 Å². The normalized spacial score (nSPS) is 15.8. The highest BCUT2D eigenvalue weighted by molar-refractivity contribution is 9.10. The van der Waals surface area contributed by atoms with Crippen molar-refractivity contribution in [1.29, 1.82) is 0 Å². The molecule has 0 radical (unpaired) electrons. The van der Waals surface area contributed by atoms with Gasteiger partial charge in [-0.2, -0.15) is 0 Å². The van der Waals surface area contributed by atoms with Crippen molar-refractivity contribution in [2.45, 2.75) is 52.5 Å². The van der Waals surface area contributed by atoms with Gasteiger partial charge in [-0.05, 0) is 51.3 Å². The fourth-order valence-electron chi connectivity index (χ4n) is 3.17. The molecular formula is C16H22BrNO. The average Bonchev–Trinajstić information content (AvgIpc) is 2.87. The van der Waals surface area contributed by atoms with E-state index in [1.165, 1.54) is 31.4 Å². The molecule has 0 N–H and O–H groups in total. The molecule has 3 heteroatoms. The third-order valence-electron chi connectivity index (χ3n) is 4.14. The van der Waals surface area contributed by atoms with Gasteiger partial charge < -0.3 is 4.90 Å². The minimum absolute atomic E-state index is 0.141. The third-order valence-corrected chi connectivity index (χ3v) is 4.60. The van der Waals surface area contributed by atoms with Gasteiger partial charge in [0.25, 0.3) is 0 Å². The summed E-state index contributed by atoms with van der Waals surface area (Å²) < 4.78 is 0.995. The lowest BCUT2D eigenvalue weighted by molar-refractivity contribution is 0.101. The van der Waals surface area contributed by atoms with Gasteiger partial charge in [-0.1, -0.05) is 28.8 Å². The lowest BCUT2D eigenvalue weighted by atomic mass is 10.0. The van der Waals surface area contributed by atoms with E-state index >= 15 is 0 Å². The summed E-state index contributed by atoms with van der Waals surface area (Å²) in [6.07, 6.45) is 5.20. The zero-order valence-electron chi connectivity index (χ0n) is 12.0. The number of benzene rings is 1. The van der Waals surface area contributed by atoms with Gasteiger partial charge in [0.05, 0.1) is 0 Å². The van der Waals surface area contributed by atoms with Crippen LogP contribution in [0.15, 0.2) is 16.6 Å². The number of carbonyl (C=O) groups excluding carboxylic acids is 1. The van der Waals surface area contributed by atoms with Crippen molar-refractivity contribution in [3.63, 3.8) is 0 Å². The summed E-state index contributed by atoms with van der Waals surface area (Å²) in [5.74, 6) is 0.141. The second-order valence-corrected chi connectivity index (χ2v) is 6.29. The van der Waals surface area contributed by atoms with E-state index in [2.05, 4.69) is 40.7 Å². The van der Waals surface area contributed by atoms with Crippen LogP contribution in [0.3, 0.4) is 0 Å². The molecule has 0 heterocycles. The first kappa shape index (κ1) is 14.6. The molecule has 19 heavy (non-hydrogen) atoms. The molecule has 1 aliphatic rings. The molecule has 2 nitrogen and oxygen atoms in total. The number of Topliss-reactive ketones (excluding diaryl/α,β-unsaturated/α-hetero) is 1. The quantitative estimate of drug-likeness (QED) is 0.746. The highest BCUT2D eigenvalue weighted by atomic mass is 79.9. The first-order chi connectivity index (χ1) is 9.04. The van der Waals surface area contributed by atoms with E-state index in [9.17, 15) is 4.79 Å². The Hall–Kier alpha value is -0.830. The van der Waals surface area contributed by atoms with E-state index < -0.39 is 0 Å². The standard InChI is InChI=1S/C16H22BrNO/c1-4-18(14-7-5-6-8-14)16-10-13(17)9-15(11(16)2)12(3)19/h9-10,14H,4-8H2,1-3H3. The highest BCUT2D eigenvalue weighted by Gasteiger charge is 2.24. The summed E-state index contributed by atoms with van der Waals surface area (Å²) >= 11 is 3.54. The Bertz CT molecular complexity index is 478. The summed E-state index contributed by atoms with van der Waals surface area (Å²) in [5.41, 5.74) is 3.17. The van der Waals surface area contributed by atoms with Gasteiger partial charge in [0.1, 0.15) is 0 Å². The summed E-state index contributed by atoms with van der Waals surface area (Å²) in [7, 11) is 0. The maximum absolute atomic E-state index is 11.8. The molecule has 1 fully saturated rings. The number of ketones is 1. The van der Waals surface area contributed by atoms with Crippen LogP contribution in [0.2, 0.25) is 0 Å². The van der Waals surface area contributed by atoms with E-state index in [1.807, 2.05) is 6.07 Å². The minimum Gasteiger partial charge on any atom is -0.369 e. The molecule has 0 aliphatic heterocycles. The van der Waals surface area contributed by atoms with Crippen molar-refractivity contribution in [2.24, 2.45) is 0 Å². The molecule has 2 rings (SSSR count). The molecular weight excluding hydrogens is 302 g/mol. The van der Waals surface area contributed by atoms with Gasteiger partial charge in [0, 0.05) is 28.3 Å². The average molecular weight is 324 g/mol. The van der Waals surface area contributed by atoms with E-state index in [0.29, 0.717) is 6.04 Å². The number of nitrogens with zero attached hydrogens (tertiary/aromatic N) is 1. The fraction of sp³-hybridized carbons (Fsp3) is 0.562. The van der Waals surface area contributed by atoms with Gasteiger partial charge in [-0.3, -0.25) is 4.79 Å². The molecule has 0 spiro atoms. The van der Waals surface area contributed by atoms with Gasteiger partial charge >= 0.3 is 0 Å². The monoisotopic (exact) mass is 323 g/mol. The lowest BCUT2D eigenvalue weighted by Gasteiger charge is -2.32. The zero-order chi connectivity index (χ0) is 14.0. The fourth-order valence-corrected chi connectivity index (χ4v) is 3.62. The number of hydrogen-bond donors (Lipinski definition) is 0. The minimum atomic E-state index is 0.141. The van der Waals surface area contributed by atoms with Crippen LogP contribution in [-0.2, 0) is 0 Å². The van der Waals surface area contributed by atoms with Gasteiger partial charge in [-0.25, -0.2) is 0 Å². The molecule has 1 aromatic rings. The van der Waals surface area contributed by atoms with Crippen molar-refractivity contribution in [3.05, 3.63) is 27.7 Å². The van der Waals surface area contributed by atoms with E-state index in [4.69, 9.17) is 0 Å². The molecule has 1 saturated carbocycles. The van der Waals surface area contributed by atoms with Gasteiger partial charge in [-0.15, -0.1) is 0 Å². The molecule has 104 valence electrons. The first-order valence-electron chi connectivity index (χ1n) is 7.12. The molecule has 0 atom stereocenters. The predicted molar refractivity (Wildman–Crippen MR) is 84.2 cm³/mol. The highest BCUT2D eigenvalue weighted by Crippen LogP contribution is 2.33. The summed E-state index contributed by atoms with van der Waals surface area (Å²) in [4.78, 5) is 14.2. The molecule has 1 aliphatic carbocycles. The summed E-state index contributed by atoms with van der Waals surface area (Å²) in [5, 5.41) is 0. The van der Waals surface area contributed by atoms with Crippen molar-refractivity contribution in [1.82, 2.24) is 0 Å². The topological polar surface area (TPSA) is 20.3 Å². The Morgan fingerprint density at radius 1 is 1.37 bits per heavy atom. The molecule has 0 aromatic heterocycles. The van der Waals surface area contributed by atoms with Gasteiger partial charge in [0.2, 0.25) is 0 Å². The molecule has 0 bridgehead atoms. The van der Waals surface area contributed by atoms with E-state index in [1.54, 1.807) is 6.92 Å². The van der Waals surface area contributed by atoms with Gasteiger partial charge in [0.15, 0.2) is 5.78 Å². The zero-order valence-corrected chi connectivity index (χ0v) is 13.6. The largest absolute Gasteiger partial charge is 0.369 e. The third kappa shape index (κ3) is 3.02. The Kier molecular flexibility index (Phi) is 4.67. The molecule has 0 saturated heterocycles. The van der Waals surface area contributed by atoms with Crippen LogP contribution in [0.4, 0.5) is 5.69 Å². The van der Waals surface area contributed by atoms with E-state index in [0.717, 1.165) is 22.1 Å². The Labute approximate surface area is 124 Å². The van der Waals surface area contributed by atoms with Crippen molar-refractivity contribution in [3.8, 4) is 0 Å². The number of carbonyl (C=O) groups is 1. The molecule has 1 aromatic carbocycles. The number of rotatable bonds is 4. The second kappa shape index (κ2) is 6.08. The number of hydrogen-bond acceptors (Lipinski definition) is 2. The second-order valence-electron chi connectivity index (χ2n) is 5.38. The summed E-state index contributed by atoms with van der Waals surface area (Å²) in [6, 6.07) is 4.73. The Balaban J connectivity index is 2.44. The number of anilines is 1. The summed E-state index contributed by atoms with van der Waals surface area (Å²) in [6.45, 7) is 6.91. The smallest absolute Gasteiger partial charge is 0.160 e. The Morgan fingerprint density at radius 2 is 2.00 bits per heavy atom. The van der Waals surface area contributed by atoms with Crippen LogP contribution >= 0.6 is 15.9 Å². The predicted octanol–water partition coefficient (Wildman–Crippen LogP) is 4.73. The van der Waals surface area contributed by atoms with Crippen molar-refractivity contribution >= 4 is 27.4 Å². The molecule has 0 amide bonds. The van der Waals surface area contributed by atoms with Crippen LogP contribution in [0.25, 0.3) is 0 Å². The van der Waals surface area contributed by atoms with Crippen LogP contribution in [-0.4, -0.2) is 18.4 Å². The Morgan fingerprint density at radius 3 is 2.53 bits per heavy atom. The SMILES string of the molecule is CCN(c1cc(Br)cc(C(C)=O)c1C)C1CCCC1. The van der Waals surface area contributed by atoms with Crippen LogP contribution in [0, 0.1) is 6.92 Å².